The third-order valence-electron chi connectivity index (χ3n) is 2.25. The maximum Gasteiger partial charge on any atom is 0.286 e. The molecular weight excluding hydrogens is 264 g/mol. The molecule has 0 aliphatic rings. The number of nitrogens with zero attached hydrogens (tertiary/aromatic N) is 1. The number of hydrogen-bond donors (Lipinski definition) is 0. The summed E-state index contributed by atoms with van der Waals surface area (Å²) in [6.45, 7) is 1.63. The molecule has 0 unspecified atom stereocenters. The predicted molar refractivity (Wildman–Crippen MR) is 60.6 cm³/mol. The summed E-state index contributed by atoms with van der Waals surface area (Å²) in [4.78, 5) is 10.2. The first-order chi connectivity index (χ1) is 8.50. The Bertz CT molecular complexity index is 612. The molecule has 94 valence electrons. The first kappa shape index (κ1) is 12.6. The van der Waals surface area contributed by atoms with Gasteiger partial charge in [0.1, 0.15) is 10.7 Å². The molecule has 0 atom stereocenters. The number of nitro benzene ring substituents is 1. The summed E-state index contributed by atoms with van der Waals surface area (Å²) < 4.78 is 31.7. The molecule has 0 radical (unpaired) electrons. The first-order valence-electron chi connectivity index (χ1n) is 4.85. The quantitative estimate of drug-likeness (QED) is 0.627. The maximum atomic E-state index is 13.6. The second-order valence-corrected chi connectivity index (χ2v) is 4.46. The van der Waals surface area contributed by atoms with Crippen molar-refractivity contribution >= 4 is 17.4 Å². The highest BCUT2D eigenvalue weighted by molar-refractivity contribution is 7.99. The Kier molecular flexibility index (Phi) is 3.33. The molecule has 0 saturated carbocycles. The van der Waals surface area contributed by atoms with Crippen LogP contribution in [0.2, 0.25) is 0 Å². The zero-order valence-corrected chi connectivity index (χ0v) is 9.96. The molecule has 18 heavy (non-hydrogen) atoms. The molecule has 1 aromatic carbocycles. The van der Waals surface area contributed by atoms with E-state index in [1.54, 1.807) is 6.92 Å². The van der Waals surface area contributed by atoms with Gasteiger partial charge >= 0.3 is 0 Å². The minimum absolute atomic E-state index is 0.357. The van der Waals surface area contributed by atoms with Crippen LogP contribution >= 0.6 is 11.8 Å². The van der Waals surface area contributed by atoms with Gasteiger partial charge in [0.05, 0.1) is 16.1 Å². The summed E-state index contributed by atoms with van der Waals surface area (Å²) in [5, 5.41) is 10.8. The van der Waals surface area contributed by atoms with Crippen LogP contribution < -0.4 is 0 Å². The van der Waals surface area contributed by atoms with E-state index in [0.717, 1.165) is 23.9 Å². The fourth-order valence-electron chi connectivity index (χ4n) is 1.35. The lowest BCUT2D eigenvalue weighted by Gasteiger charge is -2.04. The van der Waals surface area contributed by atoms with Crippen LogP contribution in [0.3, 0.4) is 0 Å². The third kappa shape index (κ3) is 2.21. The Balaban J connectivity index is 2.52. The van der Waals surface area contributed by atoms with E-state index in [9.17, 15) is 18.9 Å². The molecule has 1 heterocycles. The highest BCUT2D eigenvalue weighted by Gasteiger charge is 2.23. The Morgan fingerprint density at radius 1 is 1.33 bits per heavy atom. The molecule has 0 bridgehead atoms. The lowest BCUT2D eigenvalue weighted by atomic mass is 10.3. The van der Waals surface area contributed by atoms with Crippen LogP contribution in [0.25, 0.3) is 0 Å². The van der Waals surface area contributed by atoms with Gasteiger partial charge in [0.25, 0.3) is 5.69 Å². The summed E-state index contributed by atoms with van der Waals surface area (Å²) in [5.74, 6) is -1.86. The van der Waals surface area contributed by atoms with E-state index in [4.69, 9.17) is 4.42 Å². The molecule has 2 aromatic rings. The summed E-state index contributed by atoms with van der Waals surface area (Å²) in [5.41, 5.74) is -0.473. The Hall–Kier alpha value is -1.89. The number of benzene rings is 1. The van der Waals surface area contributed by atoms with Crippen molar-refractivity contribution in [2.75, 3.05) is 0 Å². The SMILES string of the molecule is Cc1occc1Sc1c([N+](=O)[O-])ccc(F)c1F. The molecule has 0 amide bonds. The van der Waals surface area contributed by atoms with Gasteiger partial charge in [-0.3, -0.25) is 10.1 Å². The Morgan fingerprint density at radius 2 is 2.06 bits per heavy atom. The zero-order valence-electron chi connectivity index (χ0n) is 9.15. The van der Waals surface area contributed by atoms with Crippen LogP contribution in [-0.2, 0) is 0 Å². The third-order valence-corrected chi connectivity index (χ3v) is 3.49. The van der Waals surface area contributed by atoms with Crippen molar-refractivity contribution in [3.8, 4) is 0 Å². The second-order valence-electron chi connectivity index (χ2n) is 3.41. The van der Waals surface area contributed by atoms with Crippen molar-refractivity contribution < 1.29 is 18.1 Å². The second kappa shape index (κ2) is 4.77. The van der Waals surface area contributed by atoms with Crippen molar-refractivity contribution in [2.24, 2.45) is 0 Å². The van der Waals surface area contributed by atoms with Crippen LogP contribution in [-0.4, -0.2) is 4.92 Å². The normalized spacial score (nSPS) is 10.6. The summed E-state index contributed by atoms with van der Waals surface area (Å²) >= 11 is 0.766. The standard InChI is InChI=1S/C11H7F2NO3S/c1-6-9(4-5-17-6)18-11-8(14(15)16)3-2-7(12)10(11)13/h2-5H,1H3. The molecule has 2 rings (SSSR count). The molecule has 1 aromatic heterocycles. The van der Waals surface area contributed by atoms with E-state index in [1.807, 2.05) is 0 Å². The van der Waals surface area contributed by atoms with E-state index in [2.05, 4.69) is 0 Å². The molecule has 0 spiro atoms. The Labute approximate surface area is 105 Å². The number of aryl methyl sites for hydroxylation is 1. The lowest BCUT2D eigenvalue weighted by molar-refractivity contribution is -0.388. The maximum absolute atomic E-state index is 13.6. The van der Waals surface area contributed by atoms with E-state index < -0.39 is 22.2 Å². The van der Waals surface area contributed by atoms with Crippen molar-refractivity contribution in [3.63, 3.8) is 0 Å². The van der Waals surface area contributed by atoms with E-state index in [1.165, 1.54) is 12.3 Å². The van der Waals surface area contributed by atoms with Gasteiger partial charge in [-0.2, -0.15) is 0 Å². The number of furan rings is 1. The average Bonchev–Trinajstić information content (AvgIpc) is 2.70. The minimum atomic E-state index is -1.23. The van der Waals surface area contributed by atoms with Gasteiger partial charge in [-0.1, -0.05) is 11.8 Å². The van der Waals surface area contributed by atoms with Crippen molar-refractivity contribution in [3.05, 3.63) is 52.0 Å². The van der Waals surface area contributed by atoms with E-state index >= 15 is 0 Å². The number of hydrogen-bond acceptors (Lipinski definition) is 4. The Morgan fingerprint density at radius 3 is 2.61 bits per heavy atom. The van der Waals surface area contributed by atoms with Gasteiger partial charge in [-0.25, -0.2) is 8.78 Å². The van der Waals surface area contributed by atoms with E-state index in [-0.39, 0.29) is 4.90 Å². The lowest BCUT2D eigenvalue weighted by Crippen LogP contribution is -1.96. The van der Waals surface area contributed by atoms with Crippen molar-refractivity contribution in [1.29, 1.82) is 0 Å². The molecular formula is C11H7F2NO3S. The largest absolute Gasteiger partial charge is 0.468 e. The minimum Gasteiger partial charge on any atom is -0.468 e. The summed E-state index contributed by atoms with van der Waals surface area (Å²) in [7, 11) is 0. The van der Waals surface area contributed by atoms with Crippen LogP contribution in [0, 0.1) is 28.7 Å². The highest BCUT2D eigenvalue weighted by atomic mass is 32.2. The van der Waals surface area contributed by atoms with Gasteiger partial charge < -0.3 is 4.42 Å². The molecule has 4 nitrogen and oxygen atoms in total. The average molecular weight is 271 g/mol. The van der Waals surface area contributed by atoms with Gasteiger partial charge in [0.15, 0.2) is 11.6 Å². The molecule has 0 aliphatic carbocycles. The van der Waals surface area contributed by atoms with Gasteiger partial charge in [0.2, 0.25) is 0 Å². The van der Waals surface area contributed by atoms with E-state index in [0.29, 0.717) is 10.7 Å². The highest BCUT2D eigenvalue weighted by Crippen LogP contribution is 2.39. The molecule has 7 heteroatoms. The summed E-state index contributed by atoms with van der Waals surface area (Å²) in [6.07, 6.45) is 1.38. The monoisotopic (exact) mass is 271 g/mol. The smallest absolute Gasteiger partial charge is 0.286 e. The topological polar surface area (TPSA) is 56.3 Å². The first-order valence-corrected chi connectivity index (χ1v) is 5.66. The molecule has 0 fully saturated rings. The van der Waals surface area contributed by atoms with Gasteiger partial charge in [-0.15, -0.1) is 0 Å². The predicted octanol–water partition coefficient (Wildman–Crippen LogP) is 3.93. The van der Waals surface area contributed by atoms with Gasteiger partial charge in [-0.05, 0) is 19.1 Å². The fourth-order valence-corrected chi connectivity index (χ4v) is 2.32. The van der Waals surface area contributed by atoms with Crippen molar-refractivity contribution in [1.82, 2.24) is 0 Å². The van der Waals surface area contributed by atoms with Crippen LogP contribution in [0.4, 0.5) is 14.5 Å². The summed E-state index contributed by atoms with van der Waals surface area (Å²) in [6, 6.07) is 3.21. The van der Waals surface area contributed by atoms with Crippen LogP contribution in [0.1, 0.15) is 5.76 Å². The number of nitro groups is 1. The fraction of sp³-hybridized carbons (Fsp3) is 0.0909. The van der Waals surface area contributed by atoms with Gasteiger partial charge in [0, 0.05) is 6.07 Å². The number of rotatable bonds is 3. The molecule has 0 N–H and O–H groups in total. The molecule has 0 saturated heterocycles. The number of halogens is 2. The van der Waals surface area contributed by atoms with Crippen molar-refractivity contribution in [2.45, 2.75) is 16.7 Å². The van der Waals surface area contributed by atoms with Crippen LogP contribution in [0.5, 0.6) is 0 Å². The van der Waals surface area contributed by atoms with Crippen LogP contribution in [0.15, 0.2) is 38.7 Å². The zero-order chi connectivity index (χ0) is 13.3. The molecule has 0 aliphatic heterocycles.